The standard InChI is InChI=1S/C43H32O6/c1-46-30-20-16-28(17-21-30)41(44)48-36-24-25-37(49-42(45)29-18-22-31(47-2)23-19-29)40-39(36)38-32-12-6-8-14-34(32)43(40,26-27-10-4-3-5-11-27)35-15-9-7-13-33(35)38/h3-25,38H,26H2,1-2H3. The van der Waals surface area contributed by atoms with E-state index >= 15 is 0 Å². The summed E-state index contributed by atoms with van der Waals surface area (Å²) in [5.74, 6) is 0.878. The molecule has 0 aliphatic heterocycles. The Morgan fingerprint density at radius 1 is 0.551 bits per heavy atom. The van der Waals surface area contributed by atoms with Gasteiger partial charge in [-0.2, -0.15) is 0 Å². The van der Waals surface area contributed by atoms with Gasteiger partial charge in [0.1, 0.15) is 23.0 Å². The molecule has 0 spiro atoms. The van der Waals surface area contributed by atoms with Crippen molar-refractivity contribution in [2.24, 2.45) is 0 Å². The van der Waals surface area contributed by atoms with Crippen LogP contribution in [0.5, 0.6) is 23.0 Å². The number of rotatable bonds is 8. The fourth-order valence-electron chi connectivity index (χ4n) is 7.60. The number of carbonyl (C=O) groups excluding carboxylic acids is 2. The Hall–Kier alpha value is -6.14. The number of carbonyl (C=O) groups is 2. The third-order valence-corrected chi connectivity index (χ3v) is 9.71. The molecule has 3 aliphatic carbocycles. The van der Waals surface area contributed by atoms with E-state index in [1.54, 1.807) is 74.9 Å². The zero-order valence-corrected chi connectivity index (χ0v) is 27.0. The molecule has 6 nitrogen and oxygen atoms in total. The van der Waals surface area contributed by atoms with Crippen LogP contribution in [0, 0.1) is 0 Å². The highest BCUT2D eigenvalue weighted by molar-refractivity contribution is 5.93. The highest BCUT2D eigenvalue weighted by Gasteiger charge is 2.54. The summed E-state index contributed by atoms with van der Waals surface area (Å²) in [5, 5.41) is 0. The number of methoxy groups -OCH3 is 2. The lowest BCUT2D eigenvalue weighted by molar-refractivity contribution is 0.0714. The number of hydrogen-bond donors (Lipinski definition) is 0. The molecule has 0 saturated carbocycles. The third-order valence-electron chi connectivity index (χ3n) is 9.71. The van der Waals surface area contributed by atoms with Gasteiger partial charge in [0.2, 0.25) is 0 Å². The molecule has 0 saturated heterocycles. The summed E-state index contributed by atoms with van der Waals surface area (Å²) in [4.78, 5) is 27.5. The molecule has 0 heterocycles. The zero-order chi connectivity index (χ0) is 33.5. The smallest absolute Gasteiger partial charge is 0.343 e. The van der Waals surface area contributed by atoms with E-state index in [9.17, 15) is 9.59 Å². The van der Waals surface area contributed by atoms with Gasteiger partial charge in [0.15, 0.2) is 0 Å². The topological polar surface area (TPSA) is 71.1 Å². The van der Waals surface area contributed by atoms with Crippen LogP contribution in [-0.4, -0.2) is 26.2 Å². The Kier molecular flexibility index (Phi) is 7.49. The summed E-state index contributed by atoms with van der Waals surface area (Å²) >= 11 is 0. The number of benzene rings is 6. The largest absolute Gasteiger partial charge is 0.497 e. The van der Waals surface area contributed by atoms with Crippen LogP contribution in [-0.2, 0) is 11.8 Å². The van der Waals surface area contributed by atoms with Gasteiger partial charge >= 0.3 is 11.9 Å². The summed E-state index contributed by atoms with van der Waals surface area (Å²) in [5.41, 5.74) is 7.30. The first-order chi connectivity index (χ1) is 24.0. The lowest BCUT2D eigenvalue weighted by Gasteiger charge is -2.51. The van der Waals surface area contributed by atoms with Gasteiger partial charge in [-0.1, -0.05) is 78.9 Å². The molecule has 6 heteroatoms. The second-order valence-electron chi connectivity index (χ2n) is 12.3. The monoisotopic (exact) mass is 644 g/mol. The van der Waals surface area contributed by atoms with E-state index in [0.29, 0.717) is 40.5 Å². The maximum absolute atomic E-state index is 13.8. The van der Waals surface area contributed by atoms with Crippen molar-refractivity contribution in [1.29, 1.82) is 0 Å². The fraction of sp³-hybridized carbons (Fsp3) is 0.116. The van der Waals surface area contributed by atoms with Crippen LogP contribution >= 0.6 is 0 Å². The summed E-state index contributed by atoms with van der Waals surface area (Å²) in [7, 11) is 3.16. The first kappa shape index (κ1) is 30.2. The Morgan fingerprint density at radius 2 is 1.02 bits per heavy atom. The first-order valence-corrected chi connectivity index (χ1v) is 16.1. The SMILES string of the molecule is COc1ccc(C(=O)Oc2ccc(OC(=O)c3ccc(OC)cc3)c3c2C2c4ccccc4C3(Cc3ccccc3)c3ccccc32)cc1. The van der Waals surface area contributed by atoms with E-state index in [-0.39, 0.29) is 5.92 Å². The van der Waals surface area contributed by atoms with Crippen molar-refractivity contribution >= 4 is 11.9 Å². The van der Waals surface area contributed by atoms with Crippen LogP contribution in [0.4, 0.5) is 0 Å². The van der Waals surface area contributed by atoms with Gasteiger partial charge in [-0.3, -0.25) is 0 Å². The molecule has 0 unspecified atom stereocenters. The van der Waals surface area contributed by atoms with Crippen LogP contribution in [0.15, 0.2) is 140 Å². The van der Waals surface area contributed by atoms with E-state index in [1.807, 2.05) is 18.2 Å². The molecule has 9 rings (SSSR count). The molecule has 0 radical (unpaired) electrons. The molecule has 3 aliphatic rings. The average molecular weight is 645 g/mol. The van der Waals surface area contributed by atoms with E-state index in [1.165, 1.54) is 0 Å². The minimum atomic E-state index is -0.767. The van der Waals surface area contributed by atoms with Gasteiger partial charge < -0.3 is 18.9 Å². The predicted molar refractivity (Wildman–Crippen MR) is 186 cm³/mol. The van der Waals surface area contributed by atoms with Gasteiger partial charge in [0.05, 0.1) is 30.8 Å². The molecule has 6 aromatic carbocycles. The molecule has 0 amide bonds. The molecule has 0 aromatic heterocycles. The molecular weight excluding hydrogens is 612 g/mol. The van der Waals surface area contributed by atoms with Crippen molar-refractivity contribution in [3.8, 4) is 23.0 Å². The van der Waals surface area contributed by atoms with Crippen LogP contribution < -0.4 is 18.9 Å². The Bertz CT molecular complexity index is 2160. The quantitative estimate of drug-likeness (QED) is 0.122. The van der Waals surface area contributed by atoms with Crippen molar-refractivity contribution in [3.63, 3.8) is 0 Å². The maximum Gasteiger partial charge on any atom is 0.343 e. The lowest BCUT2D eigenvalue weighted by atomic mass is 9.51. The molecule has 0 N–H and O–H groups in total. The predicted octanol–water partition coefficient (Wildman–Crippen LogP) is 8.53. The molecule has 49 heavy (non-hydrogen) atoms. The van der Waals surface area contributed by atoms with Crippen molar-refractivity contribution < 1.29 is 28.5 Å². The minimum Gasteiger partial charge on any atom is -0.497 e. The maximum atomic E-state index is 13.8. The fourth-order valence-corrected chi connectivity index (χ4v) is 7.60. The number of hydrogen-bond acceptors (Lipinski definition) is 6. The molecule has 0 atom stereocenters. The summed E-state index contributed by atoms with van der Waals surface area (Å²) < 4.78 is 23.2. The normalized spacial score (nSPS) is 16.5. The summed E-state index contributed by atoms with van der Waals surface area (Å²) in [6, 6.07) is 44.4. The van der Waals surface area contributed by atoms with Crippen LogP contribution in [0.2, 0.25) is 0 Å². The van der Waals surface area contributed by atoms with Gasteiger partial charge in [-0.25, -0.2) is 9.59 Å². The van der Waals surface area contributed by atoms with Crippen molar-refractivity contribution in [2.75, 3.05) is 14.2 Å². The van der Waals surface area contributed by atoms with Gasteiger partial charge in [-0.05, 0) is 94.9 Å². The Labute approximate surface area is 284 Å². The highest BCUT2D eigenvalue weighted by atomic mass is 16.5. The van der Waals surface area contributed by atoms with Crippen LogP contribution in [0.1, 0.15) is 65.6 Å². The minimum absolute atomic E-state index is 0.265. The van der Waals surface area contributed by atoms with Gasteiger partial charge in [0, 0.05) is 17.0 Å². The highest BCUT2D eigenvalue weighted by Crippen LogP contribution is 2.64. The van der Waals surface area contributed by atoms with Crippen molar-refractivity contribution in [1.82, 2.24) is 0 Å². The lowest BCUT2D eigenvalue weighted by Crippen LogP contribution is -2.44. The zero-order valence-electron chi connectivity index (χ0n) is 27.0. The van der Waals surface area contributed by atoms with E-state index in [2.05, 4.69) is 60.7 Å². The van der Waals surface area contributed by atoms with Crippen LogP contribution in [0.25, 0.3) is 0 Å². The molecule has 2 bridgehead atoms. The van der Waals surface area contributed by atoms with E-state index < -0.39 is 17.4 Å². The Morgan fingerprint density at radius 3 is 1.55 bits per heavy atom. The molecule has 240 valence electrons. The summed E-state index contributed by atoms with van der Waals surface area (Å²) in [6.45, 7) is 0. The van der Waals surface area contributed by atoms with E-state index in [4.69, 9.17) is 18.9 Å². The van der Waals surface area contributed by atoms with Crippen molar-refractivity contribution in [2.45, 2.75) is 17.8 Å². The second kappa shape index (κ2) is 12.1. The summed E-state index contributed by atoms with van der Waals surface area (Å²) in [6.07, 6.45) is 0.588. The second-order valence-corrected chi connectivity index (χ2v) is 12.3. The average Bonchev–Trinajstić information content (AvgIpc) is 3.16. The number of esters is 2. The Balaban J connectivity index is 1.36. The third kappa shape index (κ3) is 4.95. The number of ether oxygens (including phenoxy) is 4. The van der Waals surface area contributed by atoms with Gasteiger partial charge in [0.25, 0.3) is 0 Å². The molecular formula is C43H32O6. The first-order valence-electron chi connectivity index (χ1n) is 16.1. The van der Waals surface area contributed by atoms with Crippen LogP contribution in [0.3, 0.4) is 0 Å². The molecule has 6 aromatic rings. The van der Waals surface area contributed by atoms with Gasteiger partial charge in [-0.15, -0.1) is 0 Å². The van der Waals surface area contributed by atoms with E-state index in [0.717, 1.165) is 38.9 Å². The molecule has 0 fully saturated rings. The van der Waals surface area contributed by atoms with Crippen molar-refractivity contribution in [3.05, 3.63) is 190 Å².